The number of carbonyl (C=O) groups excluding carboxylic acids is 1. The first-order valence-corrected chi connectivity index (χ1v) is 9.75. The molecule has 1 aromatic heterocycles. The predicted molar refractivity (Wildman–Crippen MR) is 126 cm³/mol. The Balaban J connectivity index is 0.00000392. The van der Waals surface area contributed by atoms with E-state index in [-0.39, 0.29) is 29.9 Å². The number of thiazole rings is 1. The van der Waals surface area contributed by atoms with E-state index in [4.69, 9.17) is 4.74 Å². The highest BCUT2D eigenvalue weighted by Gasteiger charge is 2.05. The summed E-state index contributed by atoms with van der Waals surface area (Å²) < 4.78 is 5.74. The number of aryl methyl sites for hydroxylation is 2. The smallest absolute Gasteiger partial charge is 0.221 e. The monoisotopic (exact) mass is 517 g/mol. The van der Waals surface area contributed by atoms with Gasteiger partial charge in [0.15, 0.2) is 5.96 Å². The summed E-state index contributed by atoms with van der Waals surface area (Å²) in [5.41, 5.74) is 1.76. The zero-order chi connectivity index (χ0) is 19.6. The molecule has 0 saturated carbocycles. The number of ether oxygens (including phenoxy) is 1. The van der Waals surface area contributed by atoms with Gasteiger partial charge in [0.25, 0.3) is 0 Å². The summed E-state index contributed by atoms with van der Waals surface area (Å²) in [5.74, 6) is 1.35. The molecule has 28 heavy (non-hydrogen) atoms. The number of guanidine groups is 1. The van der Waals surface area contributed by atoms with Gasteiger partial charge in [0.2, 0.25) is 5.91 Å². The van der Waals surface area contributed by atoms with Crippen molar-refractivity contribution in [1.29, 1.82) is 0 Å². The first kappa shape index (κ1) is 24.2. The van der Waals surface area contributed by atoms with Crippen molar-refractivity contribution in [3.8, 4) is 5.75 Å². The van der Waals surface area contributed by atoms with Gasteiger partial charge in [-0.3, -0.25) is 4.79 Å². The van der Waals surface area contributed by atoms with Gasteiger partial charge in [-0.15, -0.1) is 35.3 Å². The van der Waals surface area contributed by atoms with E-state index >= 15 is 0 Å². The molecule has 0 saturated heterocycles. The Morgan fingerprint density at radius 3 is 2.71 bits per heavy atom. The normalized spacial score (nSPS) is 10.8. The molecule has 0 unspecified atom stereocenters. The van der Waals surface area contributed by atoms with E-state index in [0.29, 0.717) is 25.4 Å². The number of hydrogen-bond donors (Lipinski definition) is 3. The lowest BCUT2D eigenvalue weighted by molar-refractivity contribution is -0.114. The summed E-state index contributed by atoms with van der Waals surface area (Å²) in [6, 6.07) is 7.33. The van der Waals surface area contributed by atoms with E-state index in [1.54, 1.807) is 17.4 Å². The molecule has 0 spiro atoms. The van der Waals surface area contributed by atoms with E-state index in [9.17, 15) is 4.79 Å². The van der Waals surface area contributed by atoms with Gasteiger partial charge in [0.05, 0.1) is 23.8 Å². The number of benzene rings is 1. The molecule has 0 aliphatic heterocycles. The van der Waals surface area contributed by atoms with Crippen LogP contribution in [0, 0.1) is 13.8 Å². The predicted octanol–water partition coefficient (Wildman–Crippen LogP) is 3.47. The average Bonchev–Trinajstić information content (AvgIpc) is 2.93. The van der Waals surface area contributed by atoms with Gasteiger partial charge < -0.3 is 20.7 Å². The second-order valence-electron chi connectivity index (χ2n) is 5.92. The zero-order valence-electron chi connectivity index (χ0n) is 16.7. The Labute approximate surface area is 187 Å². The van der Waals surface area contributed by atoms with Gasteiger partial charge in [-0.1, -0.05) is 6.07 Å². The SMILES string of the molecule is CCNC(=NCc1sc(C)nc1C)NCCOc1cccc(NC(C)=O)c1.I. The van der Waals surface area contributed by atoms with E-state index < -0.39 is 0 Å². The van der Waals surface area contributed by atoms with Crippen LogP contribution in [-0.2, 0) is 11.3 Å². The average molecular weight is 517 g/mol. The number of nitrogens with one attached hydrogen (secondary N) is 3. The molecule has 154 valence electrons. The van der Waals surface area contributed by atoms with Gasteiger partial charge in [0.1, 0.15) is 12.4 Å². The molecule has 1 heterocycles. The fourth-order valence-electron chi connectivity index (χ4n) is 2.42. The van der Waals surface area contributed by atoms with Crippen molar-refractivity contribution >= 4 is 52.9 Å². The standard InChI is InChI=1S/C19H27N5O2S.HI/c1-5-20-19(22-12-18-13(2)23-15(4)27-18)21-9-10-26-17-8-6-7-16(11-17)24-14(3)25;/h6-8,11H,5,9-10,12H2,1-4H3,(H,24,25)(H2,20,21,22);1H. The number of amides is 1. The number of hydrogen-bond acceptors (Lipinski definition) is 5. The lowest BCUT2D eigenvalue weighted by Gasteiger charge is -2.12. The van der Waals surface area contributed by atoms with Gasteiger partial charge in [-0.05, 0) is 32.9 Å². The molecule has 1 amide bonds. The summed E-state index contributed by atoms with van der Waals surface area (Å²) in [4.78, 5) is 21.3. The summed E-state index contributed by atoms with van der Waals surface area (Å²) in [5, 5.41) is 10.3. The zero-order valence-corrected chi connectivity index (χ0v) is 19.8. The molecule has 3 N–H and O–H groups in total. The molecule has 0 bridgehead atoms. The Morgan fingerprint density at radius 2 is 2.07 bits per heavy atom. The number of aromatic nitrogens is 1. The van der Waals surface area contributed by atoms with Crippen LogP contribution in [0.4, 0.5) is 5.69 Å². The highest BCUT2D eigenvalue weighted by molar-refractivity contribution is 14.0. The molecule has 0 radical (unpaired) electrons. The first-order chi connectivity index (χ1) is 13.0. The maximum Gasteiger partial charge on any atom is 0.221 e. The minimum absolute atomic E-state index is 0. The molecule has 0 atom stereocenters. The molecule has 2 rings (SSSR count). The van der Waals surface area contributed by atoms with Crippen LogP contribution in [0.1, 0.15) is 29.4 Å². The Bertz CT molecular complexity index is 794. The van der Waals surface area contributed by atoms with Crippen molar-refractivity contribution < 1.29 is 9.53 Å². The topological polar surface area (TPSA) is 87.6 Å². The molecular formula is C19H28IN5O2S. The van der Waals surface area contributed by atoms with E-state index in [0.717, 1.165) is 28.9 Å². The van der Waals surface area contributed by atoms with Crippen LogP contribution in [-0.4, -0.2) is 36.5 Å². The van der Waals surface area contributed by atoms with Crippen LogP contribution < -0.4 is 20.7 Å². The molecule has 0 aliphatic carbocycles. The van der Waals surface area contributed by atoms with Crippen molar-refractivity contribution in [2.45, 2.75) is 34.2 Å². The van der Waals surface area contributed by atoms with Crippen LogP contribution in [0.2, 0.25) is 0 Å². The quantitative estimate of drug-likeness (QED) is 0.216. The van der Waals surface area contributed by atoms with Crippen LogP contribution in [0.3, 0.4) is 0 Å². The van der Waals surface area contributed by atoms with Crippen molar-refractivity contribution in [3.05, 3.63) is 39.8 Å². The van der Waals surface area contributed by atoms with Crippen molar-refractivity contribution in [1.82, 2.24) is 15.6 Å². The molecule has 0 fully saturated rings. The van der Waals surface area contributed by atoms with Gasteiger partial charge >= 0.3 is 0 Å². The highest BCUT2D eigenvalue weighted by Crippen LogP contribution is 2.18. The van der Waals surface area contributed by atoms with Gasteiger partial charge in [-0.2, -0.15) is 0 Å². The first-order valence-electron chi connectivity index (χ1n) is 8.93. The lowest BCUT2D eigenvalue weighted by atomic mass is 10.3. The number of halogens is 1. The molecule has 9 heteroatoms. The van der Waals surface area contributed by atoms with Crippen LogP contribution in [0.5, 0.6) is 5.75 Å². The number of aliphatic imine (C=N–C) groups is 1. The number of carbonyl (C=O) groups is 1. The number of nitrogens with zero attached hydrogens (tertiary/aromatic N) is 2. The Kier molecular flexibility index (Phi) is 10.8. The lowest BCUT2D eigenvalue weighted by Crippen LogP contribution is -2.39. The Morgan fingerprint density at radius 1 is 1.29 bits per heavy atom. The van der Waals surface area contributed by atoms with Crippen molar-refractivity contribution in [2.75, 3.05) is 25.0 Å². The van der Waals surface area contributed by atoms with Crippen molar-refractivity contribution in [3.63, 3.8) is 0 Å². The van der Waals surface area contributed by atoms with Crippen molar-refractivity contribution in [2.24, 2.45) is 4.99 Å². The summed E-state index contributed by atoms with van der Waals surface area (Å²) in [6.45, 7) is 10.0. The largest absolute Gasteiger partial charge is 0.492 e. The van der Waals surface area contributed by atoms with Crippen LogP contribution in [0.25, 0.3) is 0 Å². The summed E-state index contributed by atoms with van der Waals surface area (Å²) in [7, 11) is 0. The molecule has 2 aromatic rings. The molecule has 0 aliphatic rings. The summed E-state index contributed by atoms with van der Waals surface area (Å²) >= 11 is 1.68. The molecule has 1 aromatic carbocycles. The maximum atomic E-state index is 11.1. The third-order valence-electron chi connectivity index (χ3n) is 3.54. The van der Waals surface area contributed by atoms with Crippen LogP contribution >= 0.6 is 35.3 Å². The highest BCUT2D eigenvalue weighted by atomic mass is 127. The minimum Gasteiger partial charge on any atom is -0.492 e. The third kappa shape index (κ3) is 8.42. The molecular weight excluding hydrogens is 489 g/mol. The Hall–Kier alpha value is -1.88. The second kappa shape index (κ2) is 12.6. The number of anilines is 1. The van der Waals surface area contributed by atoms with Gasteiger partial charge in [0, 0.05) is 30.1 Å². The summed E-state index contributed by atoms with van der Waals surface area (Å²) in [6.07, 6.45) is 0. The fourth-order valence-corrected chi connectivity index (χ4v) is 3.28. The van der Waals surface area contributed by atoms with Crippen LogP contribution in [0.15, 0.2) is 29.3 Å². The molecule has 7 nitrogen and oxygen atoms in total. The minimum atomic E-state index is -0.105. The second-order valence-corrected chi connectivity index (χ2v) is 7.21. The van der Waals surface area contributed by atoms with E-state index in [2.05, 4.69) is 25.9 Å². The maximum absolute atomic E-state index is 11.1. The fraction of sp³-hybridized carbons (Fsp3) is 0.421. The third-order valence-corrected chi connectivity index (χ3v) is 4.60. The van der Waals surface area contributed by atoms with E-state index in [1.165, 1.54) is 11.8 Å². The van der Waals surface area contributed by atoms with E-state index in [1.807, 2.05) is 39.0 Å². The number of rotatable bonds is 8. The van der Waals surface area contributed by atoms with Gasteiger partial charge in [-0.25, -0.2) is 9.98 Å².